The van der Waals surface area contributed by atoms with E-state index in [1.165, 1.54) is 6.08 Å². The van der Waals surface area contributed by atoms with E-state index in [0.717, 1.165) is 21.6 Å². The van der Waals surface area contributed by atoms with Crippen LogP contribution in [0.1, 0.15) is 22.3 Å². The second kappa shape index (κ2) is 9.42. The molecule has 0 unspecified atom stereocenters. The first-order chi connectivity index (χ1) is 15.8. The van der Waals surface area contributed by atoms with Crippen molar-refractivity contribution in [3.63, 3.8) is 0 Å². The fourth-order valence-electron chi connectivity index (χ4n) is 3.48. The molecule has 0 spiro atoms. The van der Waals surface area contributed by atoms with Gasteiger partial charge in [-0.25, -0.2) is 9.69 Å². The predicted molar refractivity (Wildman–Crippen MR) is 130 cm³/mol. The summed E-state index contributed by atoms with van der Waals surface area (Å²) in [5.74, 6) is -0.766. The number of imide groups is 2. The Balaban J connectivity index is 1.60. The van der Waals surface area contributed by atoms with Gasteiger partial charge in [-0.1, -0.05) is 48.5 Å². The van der Waals surface area contributed by atoms with Crippen LogP contribution in [0.4, 0.5) is 10.5 Å². The van der Waals surface area contributed by atoms with Crippen molar-refractivity contribution in [2.24, 2.45) is 0 Å². The van der Waals surface area contributed by atoms with E-state index in [0.29, 0.717) is 28.1 Å². The van der Waals surface area contributed by atoms with Crippen LogP contribution in [0.25, 0.3) is 6.08 Å². The number of hydrogen-bond donors (Lipinski definition) is 1. The first-order valence-corrected chi connectivity index (χ1v) is 11.1. The average molecular weight is 505 g/mol. The van der Waals surface area contributed by atoms with E-state index in [1.807, 2.05) is 50.2 Å². The van der Waals surface area contributed by atoms with Crippen LogP contribution in [0.5, 0.6) is 5.75 Å². The molecule has 6 nitrogen and oxygen atoms in total. The first-order valence-electron chi connectivity index (χ1n) is 10.3. The highest BCUT2D eigenvalue weighted by atomic mass is 79.9. The number of rotatable bonds is 5. The van der Waals surface area contributed by atoms with Crippen LogP contribution in [0, 0.1) is 13.8 Å². The minimum absolute atomic E-state index is 0.125. The smallest absolute Gasteiger partial charge is 0.335 e. The third kappa shape index (κ3) is 4.73. The Kier molecular flexibility index (Phi) is 6.42. The summed E-state index contributed by atoms with van der Waals surface area (Å²) in [7, 11) is 0. The zero-order valence-electron chi connectivity index (χ0n) is 18.1. The summed E-state index contributed by atoms with van der Waals surface area (Å²) in [6, 6.07) is 19.6. The van der Waals surface area contributed by atoms with E-state index in [2.05, 4.69) is 21.2 Å². The highest BCUT2D eigenvalue weighted by molar-refractivity contribution is 9.10. The molecule has 1 heterocycles. The van der Waals surface area contributed by atoms with Crippen molar-refractivity contribution >= 4 is 45.5 Å². The number of halogens is 1. The minimum atomic E-state index is -0.762. The molecule has 3 aromatic rings. The van der Waals surface area contributed by atoms with Gasteiger partial charge in [-0.2, -0.15) is 0 Å². The molecule has 0 aromatic heterocycles. The van der Waals surface area contributed by atoms with E-state index in [9.17, 15) is 14.4 Å². The van der Waals surface area contributed by atoms with Crippen molar-refractivity contribution in [2.75, 3.05) is 4.90 Å². The summed E-state index contributed by atoms with van der Waals surface area (Å²) in [6.07, 6.45) is 1.47. The number of amides is 4. The highest BCUT2D eigenvalue weighted by Gasteiger charge is 2.37. The van der Waals surface area contributed by atoms with Crippen LogP contribution in [-0.2, 0) is 16.2 Å². The van der Waals surface area contributed by atoms with Crippen molar-refractivity contribution in [2.45, 2.75) is 20.5 Å². The lowest BCUT2D eigenvalue weighted by atomic mass is 10.0. The second-order valence-corrected chi connectivity index (χ2v) is 8.50. The summed E-state index contributed by atoms with van der Waals surface area (Å²) >= 11 is 3.49. The summed E-state index contributed by atoms with van der Waals surface area (Å²) in [6.45, 7) is 4.13. The van der Waals surface area contributed by atoms with Crippen molar-refractivity contribution in [1.29, 1.82) is 0 Å². The molecule has 1 saturated heterocycles. The molecule has 166 valence electrons. The van der Waals surface area contributed by atoms with Crippen molar-refractivity contribution in [1.82, 2.24) is 5.32 Å². The lowest BCUT2D eigenvalue weighted by molar-refractivity contribution is -0.122. The lowest BCUT2D eigenvalue weighted by Crippen LogP contribution is -2.54. The number of nitrogens with one attached hydrogen (secondary N) is 1. The fraction of sp³-hybridized carbons (Fsp3) is 0.115. The molecule has 0 radical (unpaired) electrons. The largest absolute Gasteiger partial charge is 0.488 e. The third-order valence-electron chi connectivity index (χ3n) is 5.42. The molecule has 0 saturated carbocycles. The van der Waals surface area contributed by atoms with Crippen LogP contribution in [-0.4, -0.2) is 17.8 Å². The maximum Gasteiger partial charge on any atom is 0.335 e. The standard InChI is InChI=1S/C26H21BrN2O4/c1-16-7-6-10-22(17(16)2)29-25(31)20(24(30)28-26(29)32)13-19-11-12-23(21(27)14-19)33-15-18-8-4-3-5-9-18/h3-14H,15H2,1-2H3,(H,28,30,32)/b20-13+. The van der Waals surface area contributed by atoms with Gasteiger partial charge in [0.25, 0.3) is 11.8 Å². The molecule has 1 aliphatic rings. The van der Waals surface area contributed by atoms with Gasteiger partial charge in [-0.05, 0) is 76.3 Å². The fourth-order valence-corrected chi connectivity index (χ4v) is 3.99. The summed E-state index contributed by atoms with van der Waals surface area (Å²) in [5.41, 5.74) is 3.70. The van der Waals surface area contributed by atoms with Crippen LogP contribution in [0.15, 0.2) is 76.8 Å². The zero-order chi connectivity index (χ0) is 23.5. The summed E-state index contributed by atoms with van der Waals surface area (Å²) in [4.78, 5) is 39.1. The number of anilines is 1. The summed E-state index contributed by atoms with van der Waals surface area (Å²) < 4.78 is 6.54. The van der Waals surface area contributed by atoms with Gasteiger partial charge in [0.1, 0.15) is 17.9 Å². The Labute approximate surface area is 200 Å². The molecule has 0 aliphatic carbocycles. The number of barbiturate groups is 1. The number of nitrogens with zero attached hydrogens (tertiary/aromatic N) is 1. The highest BCUT2D eigenvalue weighted by Crippen LogP contribution is 2.30. The number of hydrogen-bond acceptors (Lipinski definition) is 4. The van der Waals surface area contributed by atoms with Gasteiger partial charge in [0.15, 0.2) is 0 Å². The Morgan fingerprint density at radius 2 is 1.73 bits per heavy atom. The van der Waals surface area contributed by atoms with Crippen LogP contribution >= 0.6 is 15.9 Å². The lowest BCUT2D eigenvalue weighted by Gasteiger charge is -2.28. The van der Waals surface area contributed by atoms with Crippen LogP contribution in [0.2, 0.25) is 0 Å². The number of carbonyl (C=O) groups excluding carboxylic acids is 3. The van der Waals surface area contributed by atoms with E-state index in [4.69, 9.17) is 4.74 Å². The summed E-state index contributed by atoms with van der Waals surface area (Å²) in [5, 5.41) is 2.26. The van der Waals surface area contributed by atoms with E-state index >= 15 is 0 Å². The van der Waals surface area contributed by atoms with Gasteiger partial charge in [0.2, 0.25) is 0 Å². The van der Waals surface area contributed by atoms with Gasteiger partial charge >= 0.3 is 6.03 Å². The second-order valence-electron chi connectivity index (χ2n) is 7.64. The zero-order valence-corrected chi connectivity index (χ0v) is 19.7. The van der Waals surface area contributed by atoms with Gasteiger partial charge in [-0.3, -0.25) is 14.9 Å². The van der Waals surface area contributed by atoms with E-state index in [1.54, 1.807) is 30.3 Å². The molecule has 0 atom stereocenters. The van der Waals surface area contributed by atoms with Crippen molar-refractivity contribution in [3.05, 3.63) is 99.0 Å². The number of carbonyl (C=O) groups is 3. The number of aryl methyl sites for hydroxylation is 1. The van der Waals surface area contributed by atoms with Gasteiger partial charge in [-0.15, -0.1) is 0 Å². The van der Waals surface area contributed by atoms with Gasteiger partial charge in [0.05, 0.1) is 10.2 Å². The molecule has 4 rings (SSSR count). The Bertz CT molecular complexity index is 1280. The molecular formula is C26H21BrN2O4. The number of benzene rings is 3. The third-order valence-corrected chi connectivity index (χ3v) is 6.04. The maximum atomic E-state index is 13.2. The molecule has 1 aliphatic heterocycles. The Hall–Kier alpha value is -3.71. The normalized spacial score (nSPS) is 15.1. The van der Waals surface area contributed by atoms with Crippen LogP contribution in [0.3, 0.4) is 0 Å². The SMILES string of the molecule is Cc1cccc(N2C(=O)NC(=O)/C(=C\c3ccc(OCc4ccccc4)c(Br)c3)C2=O)c1C. The van der Waals surface area contributed by atoms with E-state index < -0.39 is 17.8 Å². The predicted octanol–water partition coefficient (Wildman–Crippen LogP) is 5.31. The Morgan fingerprint density at radius 3 is 2.45 bits per heavy atom. The molecule has 1 fully saturated rings. The monoisotopic (exact) mass is 504 g/mol. The Morgan fingerprint density at radius 1 is 0.970 bits per heavy atom. The van der Waals surface area contributed by atoms with E-state index in [-0.39, 0.29) is 5.57 Å². The quantitative estimate of drug-likeness (QED) is 0.377. The molecule has 1 N–H and O–H groups in total. The molecule has 7 heteroatoms. The maximum absolute atomic E-state index is 13.2. The molecule has 4 amide bonds. The molecule has 0 bridgehead atoms. The van der Waals surface area contributed by atoms with Gasteiger partial charge in [0, 0.05) is 0 Å². The number of urea groups is 1. The average Bonchev–Trinajstić information content (AvgIpc) is 2.79. The first kappa shape index (κ1) is 22.5. The molecular weight excluding hydrogens is 484 g/mol. The molecule has 33 heavy (non-hydrogen) atoms. The molecule has 3 aromatic carbocycles. The minimum Gasteiger partial charge on any atom is -0.488 e. The topological polar surface area (TPSA) is 75.7 Å². The van der Waals surface area contributed by atoms with Crippen LogP contribution < -0.4 is 15.0 Å². The van der Waals surface area contributed by atoms with Crippen molar-refractivity contribution in [3.8, 4) is 5.75 Å². The van der Waals surface area contributed by atoms with Gasteiger partial charge < -0.3 is 4.74 Å². The van der Waals surface area contributed by atoms with Crippen molar-refractivity contribution < 1.29 is 19.1 Å². The number of ether oxygens (including phenoxy) is 1.